The number of hydrogen-bond acceptors (Lipinski definition) is 1. The highest BCUT2D eigenvalue weighted by Crippen LogP contribution is 2.14. The Morgan fingerprint density at radius 1 is 0.765 bits per heavy atom. The summed E-state index contributed by atoms with van der Waals surface area (Å²) in [4.78, 5) is 0. The van der Waals surface area contributed by atoms with Gasteiger partial charge in [0.2, 0.25) is 0 Å². The summed E-state index contributed by atoms with van der Waals surface area (Å²) in [5, 5.41) is 10.2. The van der Waals surface area contributed by atoms with Crippen LogP contribution in [0.15, 0.2) is 30.3 Å². The van der Waals surface area contributed by atoms with E-state index in [-0.39, 0.29) is 0 Å². The van der Waals surface area contributed by atoms with Crippen LogP contribution in [0.3, 0.4) is 0 Å². The van der Waals surface area contributed by atoms with E-state index < -0.39 is 0 Å². The fourth-order valence-electron chi connectivity index (χ4n) is 2.00. The van der Waals surface area contributed by atoms with Gasteiger partial charge in [0.15, 0.2) is 0 Å². The SMILES string of the molecule is OCCCCCCCCC[PH2+]c1ccccc1. The van der Waals surface area contributed by atoms with E-state index in [1.807, 2.05) is 0 Å². The summed E-state index contributed by atoms with van der Waals surface area (Å²) in [5.41, 5.74) is 0. The summed E-state index contributed by atoms with van der Waals surface area (Å²) in [6.45, 7) is 0.362. The minimum Gasteiger partial charge on any atom is -0.396 e. The molecule has 96 valence electrons. The molecule has 17 heavy (non-hydrogen) atoms. The molecule has 0 fully saturated rings. The lowest BCUT2D eigenvalue weighted by Crippen LogP contribution is -1.93. The molecule has 1 aromatic rings. The third-order valence-electron chi connectivity index (χ3n) is 3.04. The lowest BCUT2D eigenvalue weighted by molar-refractivity contribution is 0.282. The van der Waals surface area contributed by atoms with Crippen molar-refractivity contribution in [3.63, 3.8) is 0 Å². The smallest absolute Gasteiger partial charge is 0.0889 e. The molecule has 1 unspecified atom stereocenters. The van der Waals surface area contributed by atoms with Gasteiger partial charge in [0.25, 0.3) is 0 Å². The van der Waals surface area contributed by atoms with E-state index in [0.29, 0.717) is 15.2 Å². The summed E-state index contributed by atoms with van der Waals surface area (Å²) in [7, 11) is 0.496. The molecule has 1 aromatic carbocycles. The van der Waals surface area contributed by atoms with Crippen LogP contribution in [0.4, 0.5) is 0 Å². The van der Waals surface area contributed by atoms with Gasteiger partial charge in [0.05, 0.1) is 11.5 Å². The quantitative estimate of drug-likeness (QED) is 0.500. The van der Waals surface area contributed by atoms with E-state index in [4.69, 9.17) is 5.11 Å². The zero-order chi connectivity index (χ0) is 12.2. The summed E-state index contributed by atoms with van der Waals surface area (Å²) in [6, 6.07) is 10.9. The predicted octanol–water partition coefficient (Wildman–Crippen LogP) is 3.45. The molecule has 0 amide bonds. The Bertz CT molecular complexity index is 261. The topological polar surface area (TPSA) is 20.2 Å². The van der Waals surface area contributed by atoms with E-state index in [0.717, 1.165) is 6.42 Å². The molecule has 0 aliphatic carbocycles. The maximum Gasteiger partial charge on any atom is 0.0889 e. The second-order valence-corrected chi connectivity index (χ2v) is 6.25. The van der Waals surface area contributed by atoms with Crippen LogP contribution in [-0.4, -0.2) is 17.9 Å². The van der Waals surface area contributed by atoms with Crippen molar-refractivity contribution in [3.05, 3.63) is 30.3 Å². The predicted molar refractivity (Wildman–Crippen MR) is 80.1 cm³/mol. The Labute approximate surface area is 107 Å². The summed E-state index contributed by atoms with van der Waals surface area (Å²) in [5.74, 6) is 0. The molecule has 2 heteroatoms. The number of unbranched alkanes of at least 4 members (excludes halogenated alkanes) is 6. The van der Waals surface area contributed by atoms with Crippen LogP contribution in [0.2, 0.25) is 0 Å². The third kappa shape index (κ3) is 8.35. The van der Waals surface area contributed by atoms with Crippen molar-refractivity contribution in [1.29, 1.82) is 0 Å². The lowest BCUT2D eigenvalue weighted by Gasteiger charge is -1.99. The third-order valence-corrected chi connectivity index (χ3v) is 4.60. The van der Waals surface area contributed by atoms with Gasteiger partial charge in [-0.3, -0.25) is 0 Å². The van der Waals surface area contributed by atoms with E-state index in [2.05, 4.69) is 30.3 Å². The van der Waals surface area contributed by atoms with Crippen LogP contribution in [0.1, 0.15) is 44.9 Å². The maximum absolute atomic E-state index is 8.65. The Hall–Kier alpha value is -0.390. The average molecular weight is 253 g/mol. The van der Waals surface area contributed by atoms with E-state index in [1.165, 1.54) is 44.7 Å². The largest absolute Gasteiger partial charge is 0.396 e. The van der Waals surface area contributed by atoms with Crippen molar-refractivity contribution in [3.8, 4) is 0 Å². The number of rotatable bonds is 10. The van der Waals surface area contributed by atoms with Crippen molar-refractivity contribution < 1.29 is 5.11 Å². The van der Waals surface area contributed by atoms with Gasteiger partial charge in [-0.2, -0.15) is 0 Å². The maximum atomic E-state index is 8.65. The van der Waals surface area contributed by atoms with Crippen molar-refractivity contribution in [2.24, 2.45) is 0 Å². The minimum atomic E-state index is 0.362. The van der Waals surface area contributed by atoms with Crippen LogP contribution >= 0.6 is 8.58 Å². The van der Waals surface area contributed by atoms with Crippen LogP contribution in [0.5, 0.6) is 0 Å². The molecule has 0 aromatic heterocycles. The van der Waals surface area contributed by atoms with Gasteiger partial charge in [-0.15, -0.1) is 0 Å². The van der Waals surface area contributed by atoms with Gasteiger partial charge in [-0.05, 0) is 31.4 Å². The highest BCUT2D eigenvalue weighted by atomic mass is 31.1. The monoisotopic (exact) mass is 253 g/mol. The molecule has 0 saturated heterocycles. The van der Waals surface area contributed by atoms with Gasteiger partial charge in [-0.25, -0.2) is 0 Å². The number of benzene rings is 1. The van der Waals surface area contributed by atoms with E-state index in [1.54, 1.807) is 5.30 Å². The van der Waals surface area contributed by atoms with Crippen molar-refractivity contribution in [2.45, 2.75) is 44.9 Å². The zero-order valence-corrected chi connectivity index (χ0v) is 11.9. The van der Waals surface area contributed by atoms with Crippen molar-refractivity contribution in [1.82, 2.24) is 0 Å². The normalized spacial score (nSPS) is 11.4. The number of aliphatic hydroxyl groups is 1. The van der Waals surface area contributed by atoms with Gasteiger partial charge >= 0.3 is 0 Å². The molecule has 0 spiro atoms. The average Bonchev–Trinajstić information content (AvgIpc) is 2.38. The lowest BCUT2D eigenvalue weighted by atomic mass is 10.1. The number of aliphatic hydroxyl groups excluding tert-OH is 1. The number of hydrogen-bond donors (Lipinski definition) is 1. The highest BCUT2D eigenvalue weighted by Gasteiger charge is 1.98. The van der Waals surface area contributed by atoms with Gasteiger partial charge in [-0.1, -0.05) is 43.9 Å². The zero-order valence-electron chi connectivity index (χ0n) is 10.8. The molecule has 0 radical (unpaired) electrons. The van der Waals surface area contributed by atoms with Crippen LogP contribution in [0.25, 0.3) is 0 Å². The Morgan fingerprint density at radius 3 is 2.00 bits per heavy atom. The molecule has 1 N–H and O–H groups in total. The second kappa shape index (κ2) is 10.7. The van der Waals surface area contributed by atoms with E-state index in [9.17, 15) is 0 Å². The van der Waals surface area contributed by atoms with Crippen molar-refractivity contribution >= 4 is 13.9 Å². The molecule has 0 saturated carbocycles. The van der Waals surface area contributed by atoms with Crippen molar-refractivity contribution in [2.75, 3.05) is 12.8 Å². The molecule has 0 aliphatic heterocycles. The molecule has 0 aliphatic rings. The Balaban J connectivity index is 1.85. The summed E-state index contributed by atoms with van der Waals surface area (Å²) < 4.78 is 0. The van der Waals surface area contributed by atoms with E-state index >= 15 is 0 Å². The van der Waals surface area contributed by atoms with Gasteiger partial charge in [0.1, 0.15) is 0 Å². The highest BCUT2D eigenvalue weighted by molar-refractivity contribution is 7.47. The van der Waals surface area contributed by atoms with Crippen LogP contribution in [-0.2, 0) is 0 Å². The minimum absolute atomic E-state index is 0.362. The summed E-state index contributed by atoms with van der Waals surface area (Å²) >= 11 is 0. The molecule has 0 bridgehead atoms. The summed E-state index contributed by atoms with van der Waals surface area (Å²) in [6.07, 6.45) is 10.4. The molecular formula is C15H26OP+. The molecule has 0 heterocycles. The first-order valence-corrected chi connectivity index (χ1v) is 8.32. The second-order valence-electron chi connectivity index (χ2n) is 4.60. The van der Waals surface area contributed by atoms with Gasteiger partial charge < -0.3 is 5.11 Å². The molecule has 1 atom stereocenters. The fraction of sp³-hybridized carbons (Fsp3) is 0.600. The standard InChI is InChI=1S/C15H25OP/c16-13-9-4-2-1-3-5-10-14-17-15-11-7-6-8-12-15/h6-8,11-12,16-17H,1-5,9-10,13-14H2/p+1. The Kier molecular flexibility index (Phi) is 9.27. The fourth-order valence-corrected chi connectivity index (χ4v) is 3.32. The van der Waals surface area contributed by atoms with Crippen LogP contribution < -0.4 is 5.30 Å². The molecular weight excluding hydrogens is 227 g/mol. The van der Waals surface area contributed by atoms with Gasteiger partial charge in [0, 0.05) is 15.2 Å². The Morgan fingerprint density at radius 2 is 1.35 bits per heavy atom. The first kappa shape index (κ1) is 14.7. The molecule has 1 rings (SSSR count). The molecule has 1 nitrogen and oxygen atoms in total. The van der Waals surface area contributed by atoms with Crippen LogP contribution in [0, 0.1) is 0 Å². The first-order valence-electron chi connectivity index (χ1n) is 6.92. The first-order chi connectivity index (χ1) is 8.43.